The van der Waals surface area contributed by atoms with E-state index in [1.807, 2.05) is 28.8 Å². The number of hydrogen-bond donors (Lipinski definition) is 1. The summed E-state index contributed by atoms with van der Waals surface area (Å²) in [6, 6.07) is 13.1. The molecule has 5 heteroatoms. The van der Waals surface area contributed by atoms with Crippen LogP contribution < -0.4 is 10.7 Å². The van der Waals surface area contributed by atoms with Gasteiger partial charge in [0.15, 0.2) is 0 Å². The molecule has 1 amide bonds. The Morgan fingerprint density at radius 2 is 1.96 bits per heavy atom. The second-order valence-electron chi connectivity index (χ2n) is 5.92. The molecule has 0 atom stereocenters. The largest absolute Gasteiger partial charge is 0.346 e. The molecule has 1 N–H and O–H groups in total. The predicted octanol–water partition coefficient (Wildman–Crippen LogP) is 3.96. The molecule has 1 aromatic heterocycles. The highest BCUT2D eigenvalue weighted by Gasteiger charge is 2.19. The van der Waals surface area contributed by atoms with Crippen LogP contribution in [-0.4, -0.2) is 10.5 Å². The summed E-state index contributed by atoms with van der Waals surface area (Å²) in [5, 5.41) is 3.43. The lowest BCUT2D eigenvalue weighted by atomic mass is 10.00. The van der Waals surface area contributed by atoms with Crippen molar-refractivity contribution in [2.75, 3.05) is 5.32 Å². The van der Waals surface area contributed by atoms with E-state index >= 15 is 0 Å². The smallest absolute Gasteiger partial charge is 0.261 e. The number of benzene rings is 2. The molecule has 0 aliphatic carbocycles. The maximum atomic E-state index is 12.8. The monoisotopic (exact) mass is 382 g/mol. The number of rotatable bonds is 2. The van der Waals surface area contributed by atoms with E-state index in [4.69, 9.17) is 0 Å². The number of anilines is 1. The SMILES string of the molecule is O=C(Nc1ccccc1Br)c1cn2c3c(cccc3c1=O)CCC2. The number of nitrogens with one attached hydrogen (secondary N) is 1. The fourth-order valence-electron chi connectivity index (χ4n) is 3.27. The maximum Gasteiger partial charge on any atom is 0.261 e. The Kier molecular flexibility index (Phi) is 3.73. The van der Waals surface area contributed by atoms with E-state index in [1.165, 1.54) is 5.56 Å². The summed E-state index contributed by atoms with van der Waals surface area (Å²) < 4.78 is 2.81. The van der Waals surface area contributed by atoms with Gasteiger partial charge in [0.25, 0.3) is 5.91 Å². The number of aromatic nitrogens is 1. The van der Waals surface area contributed by atoms with Gasteiger partial charge in [0, 0.05) is 22.6 Å². The first-order chi connectivity index (χ1) is 11.6. The van der Waals surface area contributed by atoms with Crippen molar-refractivity contribution in [2.45, 2.75) is 19.4 Å². The minimum Gasteiger partial charge on any atom is -0.346 e. The van der Waals surface area contributed by atoms with E-state index in [1.54, 1.807) is 18.3 Å². The van der Waals surface area contributed by atoms with Crippen molar-refractivity contribution in [2.24, 2.45) is 0 Å². The Morgan fingerprint density at radius 1 is 1.12 bits per heavy atom. The fraction of sp³-hybridized carbons (Fsp3) is 0.158. The average molecular weight is 383 g/mol. The highest BCUT2D eigenvalue weighted by Crippen LogP contribution is 2.25. The molecule has 3 aromatic rings. The molecule has 24 heavy (non-hydrogen) atoms. The van der Waals surface area contributed by atoms with E-state index in [0.717, 1.165) is 29.4 Å². The zero-order valence-corrected chi connectivity index (χ0v) is 14.5. The van der Waals surface area contributed by atoms with E-state index in [2.05, 4.69) is 27.3 Å². The Balaban J connectivity index is 1.83. The summed E-state index contributed by atoms with van der Waals surface area (Å²) in [5.41, 5.74) is 2.75. The topological polar surface area (TPSA) is 51.1 Å². The van der Waals surface area contributed by atoms with Gasteiger partial charge in [-0.15, -0.1) is 0 Å². The van der Waals surface area contributed by atoms with E-state index in [-0.39, 0.29) is 16.9 Å². The molecule has 2 heterocycles. The molecule has 0 bridgehead atoms. The first-order valence-corrected chi connectivity index (χ1v) is 8.65. The molecule has 0 unspecified atom stereocenters. The van der Waals surface area contributed by atoms with Crippen molar-refractivity contribution in [3.63, 3.8) is 0 Å². The van der Waals surface area contributed by atoms with E-state index in [9.17, 15) is 9.59 Å². The molecule has 1 aliphatic rings. The first kappa shape index (κ1) is 15.1. The second-order valence-corrected chi connectivity index (χ2v) is 6.77. The first-order valence-electron chi connectivity index (χ1n) is 7.86. The van der Waals surface area contributed by atoms with Crippen molar-refractivity contribution in [1.82, 2.24) is 4.57 Å². The zero-order chi connectivity index (χ0) is 16.7. The zero-order valence-electron chi connectivity index (χ0n) is 12.9. The lowest BCUT2D eigenvalue weighted by Gasteiger charge is -2.20. The molecular formula is C19H15BrN2O2. The number of para-hydroxylation sites is 2. The number of carbonyl (C=O) groups excluding carboxylic acids is 1. The number of nitrogens with zero attached hydrogens (tertiary/aromatic N) is 1. The summed E-state index contributed by atoms with van der Waals surface area (Å²) in [5.74, 6) is -0.381. The average Bonchev–Trinajstić information content (AvgIpc) is 2.60. The summed E-state index contributed by atoms with van der Waals surface area (Å²) in [4.78, 5) is 25.5. The van der Waals surface area contributed by atoms with Crippen LogP contribution in [0.2, 0.25) is 0 Å². The maximum absolute atomic E-state index is 12.8. The normalized spacial score (nSPS) is 13.0. The number of pyridine rings is 1. The quantitative estimate of drug-likeness (QED) is 0.728. The molecule has 4 nitrogen and oxygen atoms in total. The fourth-order valence-corrected chi connectivity index (χ4v) is 3.65. The van der Waals surface area contributed by atoms with Gasteiger partial charge in [0.2, 0.25) is 5.43 Å². The van der Waals surface area contributed by atoms with Crippen LogP contribution in [0.4, 0.5) is 5.69 Å². The van der Waals surface area contributed by atoms with Crippen molar-refractivity contribution >= 4 is 38.4 Å². The number of hydrogen-bond acceptors (Lipinski definition) is 2. The predicted molar refractivity (Wildman–Crippen MR) is 98.6 cm³/mol. The molecule has 0 radical (unpaired) electrons. The van der Waals surface area contributed by atoms with Gasteiger partial charge in [0.05, 0.1) is 11.2 Å². The van der Waals surface area contributed by atoms with Crippen molar-refractivity contribution in [1.29, 1.82) is 0 Å². The van der Waals surface area contributed by atoms with Gasteiger partial charge in [-0.05, 0) is 52.5 Å². The van der Waals surface area contributed by atoms with Crippen LogP contribution in [0.25, 0.3) is 10.9 Å². The van der Waals surface area contributed by atoms with Crippen LogP contribution >= 0.6 is 15.9 Å². The molecule has 2 aromatic carbocycles. The third kappa shape index (κ3) is 2.45. The molecule has 0 fully saturated rings. The van der Waals surface area contributed by atoms with Gasteiger partial charge < -0.3 is 9.88 Å². The number of carbonyl (C=O) groups is 1. The van der Waals surface area contributed by atoms with Crippen LogP contribution in [0, 0.1) is 0 Å². The highest BCUT2D eigenvalue weighted by molar-refractivity contribution is 9.10. The molecule has 0 saturated carbocycles. The van der Waals surface area contributed by atoms with Gasteiger partial charge in [-0.2, -0.15) is 0 Å². The van der Waals surface area contributed by atoms with Gasteiger partial charge in [-0.3, -0.25) is 9.59 Å². The summed E-state index contributed by atoms with van der Waals surface area (Å²) in [7, 11) is 0. The summed E-state index contributed by atoms with van der Waals surface area (Å²) >= 11 is 3.40. The molecule has 120 valence electrons. The minimum absolute atomic E-state index is 0.178. The summed E-state index contributed by atoms with van der Waals surface area (Å²) in [6.45, 7) is 0.823. The van der Waals surface area contributed by atoms with Crippen LogP contribution in [0.5, 0.6) is 0 Å². The van der Waals surface area contributed by atoms with Gasteiger partial charge >= 0.3 is 0 Å². The molecule has 0 saturated heterocycles. The van der Waals surface area contributed by atoms with Crippen LogP contribution in [-0.2, 0) is 13.0 Å². The molecule has 0 spiro atoms. The Labute approximate surface area is 147 Å². The van der Waals surface area contributed by atoms with Crippen LogP contribution in [0.15, 0.2) is 57.9 Å². The van der Waals surface area contributed by atoms with E-state index in [0.29, 0.717) is 11.1 Å². The lowest BCUT2D eigenvalue weighted by Crippen LogP contribution is -2.25. The van der Waals surface area contributed by atoms with E-state index < -0.39 is 0 Å². The molecule has 1 aliphatic heterocycles. The summed E-state index contributed by atoms with van der Waals surface area (Å²) in [6.07, 6.45) is 3.68. The van der Waals surface area contributed by atoms with Crippen molar-refractivity contribution in [3.05, 3.63) is 74.5 Å². The van der Waals surface area contributed by atoms with Crippen LogP contribution in [0.3, 0.4) is 0 Å². The third-order valence-electron chi connectivity index (χ3n) is 4.39. The van der Waals surface area contributed by atoms with Crippen LogP contribution in [0.1, 0.15) is 22.3 Å². The van der Waals surface area contributed by atoms with Gasteiger partial charge in [-0.25, -0.2) is 0 Å². The second kappa shape index (κ2) is 5.91. The third-order valence-corrected chi connectivity index (χ3v) is 5.08. The molecular weight excluding hydrogens is 368 g/mol. The Bertz CT molecular complexity index is 1020. The lowest BCUT2D eigenvalue weighted by molar-refractivity contribution is 0.102. The number of halogens is 1. The van der Waals surface area contributed by atoms with Crippen molar-refractivity contribution in [3.8, 4) is 0 Å². The Hall–Kier alpha value is -2.40. The number of amides is 1. The number of aryl methyl sites for hydroxylation is 2. The van der Waals surface area contributed by atoms with Crippen molar-refractivity contribution < 1.29 is 4.79 Å². The Morgan fingerprint density at radius 3 is 2.79 bits per heavy atom. The van der Waals surface area contributed by atoms with Gasteiger partial charge in [0.1, 0.15) is 5.56 Å². The highest BCUT2D eigenvalue weighted by atomic mass is 79.9. The molecule has 4 rings (SSSR count). The standard InChI is InChI=1S/C19H15BrN2O2/c20-15-8-1-2-9-16(15)21-19(24)14-11-22-10-4-6-12-5-3-7-13(17(12)22)18(14)23/h1-3,5,7-9,11H,4,6,10H2,(H,21,24). The van der Waals surface area contributed by atoms with Gasteiger partial charge in [-0.1, -0.05) is 24.3 Å². The minimum atomic E-state index is -0.381.